The molecule has 0 atom stereocenters. The van der Waals surface area contributed by atoms with Gasteiger partial charge in [0.2, 0.25) is 0 Å². The Morgan fingerprint density at radius 1 is 1.58 bits per heavy atom. The van der Waals surface area contributed by atoms with E-state index in [2.05, 4.69) is 4.72 Å². The van der Waals surface area contributed by atoms with Crippen LogP contribution in [0, 0.1) is 0 Å². The van der Waals surface area contributed by atoms with Gasteiger partial charge in [-0.3, -0.25) is 4.72 Å². The van der Waals surface area contributed by atoms with Gasteiger partial charge in [-0.25, -0.2) is 4.79 Å². The largest absolute Gasteiger partial charge is 0.451 e. The summed E-state index contributed by atoms with van der Waals surface area (Å²) in [5, 5.41) is 8.01. The Kier molecular flexibility index (Phi) is 5.28. The number of carbonyl (C=O) groups excluding carboxylic acids is 1. The van der Waals surface area contributed by atoms with E-state index in [0.29, 0.717) is 6.54 Å². The van der Waals surface area contributed by atoms with E-state index in [-0.39, 0.29) is 11.9 Å². The Morgan fingerprint density at radius 3 is 2.58 bits per heavy atom. The highest BCUT2D eigenvalue weighted by Gasteiger charge is 2.16. The molecule has 0 aromatic carbocycles. The third kappa shape index (κ3) is 7.84. The molecular formula is C7H15NO3S. The van der Waals surface area contributed by atoms with Gasteiger partial charge in [-0.05, 0) is 20.8 Å². The van der Waals surface area contributed by atoms with Gasteiger partial charge in [0.05, 0.1) is 6.61 Å². The molecule has 72 valence electrons. The van der Waals surface area contributed by atoms with Crippen LogP contribution in [0.4, 0.5) is 4.79 Å². The van der Waals surface area contributed by atoms with Gasteiger partial charge in [-0.1, -0.05) is 0 Å². The Balaban J connectivity index is 3.47. The molecule has 0 aromatic rings. The first-order valence-electron chi connectivity index (χ1n) is 3.69. The molecule has 0 radical (unpaired) electrons. The topological polar surface area (TPSA) is 58.6 Å². The van der Waals surface area contributed by atoms with E-state index in [9.17, 15) is 4.79 Å². The fraction of sp³-hybridized carbons (Fsp3) is 0.857. The molecule has 0 aromatic heterocycles. The molecule has 0 saturated heterocycles. The zero-order valence-electron chi connectivity index (χ0n) is 7.59. The van der Waals surface area contributed by atoms with Crippen LogP contribution in [0.5, 0.6) is 0 Å². The Hall–Kier alpha value is -0.260. The van der Waals surface area contributed by atoms with Crippen LogP contribution in [0.15, 0.2) is 0 Å². The number of carbonyl (C=O) groups is 1. The monoisotopic (exact) mass is 193 g/mol. The van der Waals surface area contributed by atoms with Crippen molar-refractivity contribution in [2.45, 2.75) is 26.4 Å². The van der Waals surface area contributed by atoms with E-state index in [1.54, 1.807) is 20.8 Å². The minimum atomic E-state index is -0.453. The van der Waals surface area contributed by atoms with Crippen LogP contribution >= 0.6 is 11.9 Å². The number of aliphatic hydroxyl groups excluding tert-OH is 1. The lowest BCUT2D eigenvalue weighted by atomic mass is 10.2. The average Bonchev–Trinajstić information content (AvgIpc) is 1.84. The van der Waals surface area contributed by atoms with E-state index in [0.717, 1.165) is 11.9 Å². The average molecular weight is 193 g/mol. The van der Waals surface area contributed by atoms with Gasteiger partial charge >= 0.3 is 5.30 Å². The molecule has 4 nitrogen and oxygen atoms in total. The summed E-state index contributed by atoms with van der Waals surface area (Å²) in [6.45, 7) is 5.80. The normalized spacial score (nSPS) is 11.3. The lowest BCUT2D eigenvalue weighted by Crippen LogP contribution is -2.23. The van der Waals surface area contributed by atoms with Crippen LogP contribution in [-0.2, 0) is 4.74 Å². The molecule has 0 heterocycles. The van der Waals surface area contributed by atoms with Crippen molar-refractivity contribution < 1.29 is 14.6 Å². The fourth-order valence-corrected chi connectivity index (χ4v) is 1.03. The van der Waals surface area contributed by atoms with Crippen molar-refractivity contribution in [2.75, 3.05) is 13.2 Å². The maximum absolute atomic E-state index is 10.9. The minimum Gasteiger partial charge on any atom is -0.451 e. The van der Waals surface area contributed by atoms with Crippen LogP contribution in [0.1, 0.15) is 20.8 Å². The van der Waals surface area contributed by atoms with E-state index in [1.807, 2.05) is 0 Å². The van der Waals surface area contributed by atoms with Crippen molar-refractivity contribution >= 4 is 17.2 Å². The molecule has 0 bridgehead atoms. The highest BCUT2D eigenvalue weighted by Crippen LogP contribution is 2.12. The molecule has 0 aliphatic rings. The van der Waals surface area contributed by atoms with E-state index in [1.165, 1.54) is 0 Å². The number of hydrogen-bond donors (Lipinski definition) is 2. The van der Waals surface area contributed by atoms with E-state index < -0.39 is 5.60 Å². The first-order chi connectivity index (χ1) is 5.45. The van der Waals surface area contributed by atoms with Crippen molar-refractivity contribution in [3.8, 4) is 0 Å². The van der Waals surface area contributed by atoms with Gasteiger partial charge in [-0.15, -0.1) is 0 Å². The minimum absolute atomic E-state index is 0.00972. The molecule has 0 fully saturated rings. The number of hydrogen-bond acceptors (Lipinski definition) is 5. The number of rotatable bonds is 3. The lowest BCUT2D eigenvalue weighted by molar-refractivity contribution is 0.0736. The maximum atomic E-state index is 10.9. The number of nitrogens with one attached hydrogen (secondary N) is 1. The van der Waals surface area contributed by atoms with E-state index >= 15 is 0 Å². The van der Waals surface area contributed by atoms with Gasteiger partial charge in [0.1, 0.15) is 5.60 Å². The van der Waals surface area contributed by atoms with Crippen LogP contribution in [0.2, 0.25) is 0 Å². The van der Waals surface area contributed by atoms with Crippen molar-refractivity contribution in [2.24, 2.45) is 0 Å². The highest BCUT2D eigenvalue weighted by atomic mass is 32.2. The molecule has 0 amide bonds. The lowest BCUT2D eigenvalue weighted by Gasteiger charge is -2.18. The maximum Gasteiger partial charge on any atom is 0.383 e. The second kappa shape index (κ2) is 5.40. The predicted octanol–water partition coefficient (Wildman–Crippen LogP) is 1.15. The van der Waals surface area contributed by atoms with Gasteiger partial charge < -0.3 is 9.84 Å². The molecule has 0 aliphatic heterocycles. The van der Waals surface area contributed by atoms with Crippen LogP contribution in [-0.4, -0.2) is 29.2 Å². The van der Waals surface area contributed by atoms with Crippen LogP contribution in [0.3, 0.4) is 0 Å². The third-order valence-corrected chi connectivity index (χ3v) is 1.36. The second-order valence-electron chi connectivity index (χ2n) is 3.18. The standard InChI is InChI=1S/C7H15NO3S/c1-7(2,3)11-6(10)12-8-4-5-9/h8-9H,4-5H2,1-3H3. The molecule has 5 heteroatoms. The summed E-state index contributed by atoms with van der Waals surface area (Å²) in [5.41, 5.74) is -0.453. The molecule has 0 rings (SSSR count). The zero-order chi connectivity index (χ0) is 9.61. The smallest absolute Gasteiger partial charge is 0.383 e. The Morgan fingerprint density at radius 2 is 2.17 bits per heavy atom. The summed E-state index contributed by atoms with van der Waals surface area (Å²) in [7, 11) is 0. The number of aliphatic hydroxyl groups is 1. The first kappa shape index (κ1) is 11.7. The number of ether oxygens (including phenoxy) is 1. The summed E-state index contributed by atoms with van der Waals surface area (Å²) in [5.74, 6) is 0. The third-order valence-electron chi connectivity index (χ3n) is 0.759. The molecule has 2 N–H and O–H groups in total. The summed E-state index contributed by atoms with van der Waals surface area (Å²) < 4.78 is 7.61. The van der Waals surface area contributed by atoms with E-state index in [4.69, 9.17) is 9.84 Å². The molecule has 0 unspecified atom stereocenters. The van der Waals surface area contributed by atoms with Gasteiger partial charge in [0, 0.05) is 18.5 Å². The molecule has 0 saturated carbocycles. The fourth-order valence-electron chi connectivity index (χ4n) is 0.426. The Labute approximate surface area is 76.8 Å². The first-order valence-corrected chi connectivity index (χ1v) is 4.51. The van der Waals surface area contributed by atoms with Crippen molar-refractivity contribution in [1.82, 2.24) is 4.72 Å². The summed E-state index contributed by atoms with van der Waals surface area (Å²) in [6, 6.07) is 0. The Bertz CT molecular complexity index is 144. The van der Waals surface area contributed by atoms with Crippen molar-refractivity contribution in [3.63, 3.8) is 0 Å². The molecule has 12 heavy (non-hydrogen) atoms. The van der Waals surface area contributed by atoms with Gasteiger partial charge in [0.15, 0.2) is 0 Å². The summed E-state index contributed by atoms with van der Waals surface area (Å²) >= 11 is 0.857. The van der Waals surface area contributed by atoms with Crippen LogP contribution < -0.4 is 4.72 Å². The molecule has 0 aliphatic carbocycles. The second-order valence-corrected chi connectivity index (χ2v) is 4.01. The quantitative estimate of drug-likeness (QED) is 0.400. The van der Waals surface area contributed by atoms with Crippen molar-refractivity contribution in [1.29, 1.82) is 0 Å². The van der Waals surface area contributed by atoms with Crippen LogP contribution in [0.25, 0.3) is 0 Å². The van der Waals surface area contributed by atoms with Crippen molar-refractivity contribution in [3.05, 3.63) is 0 Å². The predicted molar refractivity (Wildman–Crippen MR) is 48.9 cm³/mol. The molecule has 0 spiro atoms. The zero-order valence-corrected chi connectivity index (χ0v) is 8.40. The summed E-state index contributed by atoms with van der Waals surface area (Å²) in [4.78, 5) is 10.9. The SMILES string of the molecule is CC(C)(C)OC(=O)SNCCO. The molecular weight excluding hydrogens is 178 g/mol. The summed E-state index contributed by atoms with van der Waals surface area (Å²) in [6.07, 6.45) is 0. The van der Waals surface area contributed by atoms with Gasteiger partial charge in [0.25, 0.3) is 0 Å². The van der Waals surface area contributed by atoms with Gasteiger partial charge in [-0.2, -0.15) is 0 Å². The highest BCUT2D eigenvalue weighted by molar-refractivity contribution is 8.11.